The standard InChI is InChI=1S/C12H14N2OS2/c15-17(9-4-3-7-13-8-9)12-14-10-5-1-2-6-11(10)16-12/h1-2,5-6,9,13H,3-4,7-8H2/t9-,17-/m0/s1. The zero-order chi connectivity index (χ0) is 11.7. The highest BCUT2D eigenvalue weighted by Gasteiger charge is 2.23. The molecule has 1 aliphatic heterocycles. The number of piperidine rings is 1. The molecule has 1 aromatic heterocycles. The van der Waals surface area contributed by atoms with Gasteiger partial charge in [0.1, 0.15) is 0 Å². The average molecular weight is 266 g/mol. The molecule has 90 valence electrons. The maximum atomic E-state index is 12.4. The monoisotopic (exact) mass is 266 g/mol. The van der Waals surface area contributed by atoms with Crippen LogP contribution in [0.15, 0.2) is 28.6 Å². The summed E-state index contributed by atoms with van der Waals surface area (Å²) < 4.78 is 14.3. The third kappa shape index (κ3) is 2.27. The number of nitrogens with one attached hydrogen (secondary N) is 1. The summed E-state index contributed by atoms with van der Waals surface area (Å²) in [6.45, 7) is 1.90. The van der Waals surface area contributed by atoms with E-state index in [2.05, 4.69) is 10.3 Å². The van der Waals surface area contributed by atoms with Crippen LogP contribution in [0.5, 0.6) is 0 Å². The van der Waals surface area contributed by atoms with Crippen molar-refractivity contribution in [2.45, 2.75) is 22.4 Å². The molecule has 5 heteroatoms. The predicted molar refractivity (Wildman–Crippen MR) is 71.9 cm³/mol. The summed E-state index contributed by atoms with van der Waals surface area (Å²) in [5.74, 6) is 0. The highest BCUT2D eigenvalue weighted by molar-refractivity contribution is 7.88. The van der Waals surface area contributed by atoms with Gasteiger partial charge < -0.3 is 5.32 Å². The first-order valence-corrected chi connectivity index (χ1v) is 7.84. The Hall–Kier alpha value is -0.780. The number of nitrogens with zero attached hydrogens (tertiary/aromatic N) is 1. The van der Waals surface area contributed by atoms with E-state index in [9.17, 15) is 4.21 Å². The van der Waals surface area contributed by atoms with E-state index in [1.165, 1.54) is 0 Å². The van der Waals surface area contributed by atoms with Crippen LogP contribution >= 0.6 is 11.3 Å². The number of aromatic nitrogens is 1. The van der Waals surface area contributed by atoms with Crippen molar-refractivity contribution in [2.24, 2.45) is 0 Å². The second-order valence-electron chi connectivity index (χ2n) is 4.21. The van der Waals surface area contributed by atoms with E-state index in [1.54, 1.807) is 11.3 Å². The number of benzene rings is 1. The maximum Gasteiger partial charge on any atom is 0.182 e. The molecule has 3 rings (SSSR count). The molecule has 1 N–H and O–H groups in total. The minimum absolute atomic E-state index is 0.226. The molecule has 2 heterocycles. The van der Waals surface area contributed by atoms with Gasteiger partial charge in [-0.3, -0.25) is 4.21 Å². The minimum Gasteiger partial charge on any atom is -0.316 e. The van der Waals surface area contributed by atoms with Gasteiger partial charge in [0.25, 0.3) is 0 Å². The van der Waals surface area contributed by atoms with Gasteiger partial charge in [0.05, 0.1) is 26.3 Å². The normalized spacial score (nSPS) is 22.7. The van der Waals surface area contributed by atoms with Crippen molar-refractivity contribution in [3.8, 4) is 0 Å². The third-order valence-corrected chi connectivity index (χ3v) is 6.02. The number of rotatable bonds is 2. The first-order chi connectivity index (χ1) is 8.34. The van der Waals surface area contributed by atoms with Crippen molar-refractivity contribution < 1.29 is 4.21 Å². The molecule has 0 spiro atoms. The summed E-state index contributed by atoms with van der Waals surface area (Å²) in [4.78, 5) is 4.48. The smallest absolute Gasteiger partial charge is 0.182 e. The SMILES string of the molecule is O=[S@](c1nc2ccccc2s1)[C@H]1CCCNC1. The minimum atomic E-state index is -0.958. The Bertz CT molecular complexity index is 513. The largest absolute Gasteiger partial charge is 0.316 e. The maximum absolute atomic E-state index is 12.4. The average Bonchev–Trinajstić information content (AvgIpc) is 2.82. The van der Waals surface area contributed by atoms with Crippen molar-refractivity contribution in [2.75, 3.05) is 13.1 Å². The zero-order valence-corrected chi connectivity index (χ0v) is 11.0. The molecule has 1 aromatic carbocycles. The van der Waals surface area contributed by atoms with E-state index in [-0.39, 0.29) is 5.25 Å². The molecule has 1 aliphatic rings. The van der Waals surface area contributed by atoms with Gasteiger partial charge in [0, 0.05) is 6.54 Å². The molecule has 17 heavy (non-hydrogen) atoms. The van der Waals surface area contributed by atoms with E-state index < -0.39 is 10.8 Å². The number of fused-ring (bicyclic) bond motifs is 1. The predicted octanol–water partition coefficient (Wildman–Crippen LogP) is 2.16. The van der Waals surface area contributed by atoms with E-state index in [4.69, 9.17) is 0 Å². The lowest BCUT2D eigenvalue weighted by Gasteiger charge is -2.20. The van der Waals surface area contributed by atoms with Crippen LogP contribution in [0.4, 0.5) is 0 Å². The van der Waals surface area contributed by atoms with Crippen molar-refractivity contribution in [3.05, 3.63) is 24.3 Å². The molecule has 0 aliphatic carbocycles. The Morgan fingerprint density at radius 3 is 3.06 bits per heavy atom. The lowest BCUT2D eigenvalue weighted by Crippen LogP contribution is -2.36. The topological polar surface area (TPSA) is 42.0 Å². The van der Waals surface area contributed by atoms with E-state index in [0.29, 0.717) is 0 Å². The first-order valence-electron chi connectivity index (χ1n) is 5.81. The van der Waals surface area contributed by atoms with Crippen LogP contribution in [0.1, 0.15) is 12.8 Å². The van der Waals surface area contributed by atoms with E-state index in [1.807, 2.05) is 24.3 Å². The summed E-state index contributed by atoms with van der Waals surface area (Å²) in [5.41, 5.74) is 0.963. The van der Waals surface area contributed by atoms with E-state index in [0.717, 1.165) is 40.5 Å². The fraction of sp³-hybridized carbons (Fsp3) is 0.417. The summed E-state index contributed by atoms with van der Waals surface area (Å²) >= 11 is 1.56. The van der Waals surface area contributed by atoms with Crippen LogP contribution in [0.25, 0.3) is 10.2 Å². The van der Waals surface area contributed by atoms with Crippen LogP contribution in [-0.2, 0) is 10.8 Å². The molecule has 2 atom stereocenters. The Balaban J connectivity index is 1.89. The molecule has 3 nitrogen and oxygen atoms in total. The van der Waals surface area contributed by atoms with Gasteiger partial charge in [-0.15, -0.1) is 11.3 Å². The molecular formula is C12H14N2OS2. The van der Waals surface area contributed by atoms with Crippen LogP contribution < -0.4 is 5.32 Å². The summed E-state index contributed by atoms with van der Waals surface area (Å²) in [7, 11) is -0.958. The highest BCUT2D eigenvalue weighted by Crippen LogP contribution is 2.26. The summed E-state index contributed by atoms with van der Waals surface area (Å²) in [5, 5.41) is 3.53. The molecule has 1 fully saturated rings. The molecule has 0 bridgehead atoms. The van der Waals surface area contributed by atoms with Gasteiger partial charge in [-0.05, 0) is 31.5 Å². The molecule has 0 radical (unpaired) electrons. The lowest BCUT2D eigenvalue weighted by atomic mass is 10.2. The fourth-order valence-corrected chi connectivity index (χ4v) is 4.91. The van der Waals surface area contributed by atoms with Crippen molar-refractivity contribution in [1.29, 1.82) is 0 Å². The number of para-hydroxylation sites is 1. The number of hydrogen-bond donors (Lipinski definition) is 1. The van der Waals surface area contributed by atoms with Gasteiger partial charge in [0.15, 0.2) is 4.34 Å². The van der Waals surface area contributed by atoms with Crippen LogP contribution in [-0.4, -0.2) is 27.5 Å². The molecule has 0 unspecified atom stereocenters. The van der Waals surface area contributed by atoms with Crippen molar-refractivity contribution in [1.82, 2.24) is 10.3 Å². The second kappa shape index (κ2) is 4.84. The van der Waals surface area contributed by atoms with Gasteiger partial charge in [0.2, 0.25) is 0 Å². The molecule has 0 saturated carbocycles. The number of thiazole rings is 1. The first kappa shape index (κ1) is 11.3. The molecular weight excluding hydrogens is 252 g/mol. The van der Waals surface area contributed by atoms with Gasteiger partial charge in [-0.2, -0.15) is 0 Å². The van der Waals surface area contributed by atoms with Gasteiger partial charge in [-0.25, -0.2) is 4.98 Å². The highest BCUT2D eigenvalue weighted by atomic mass is 32.2. The quantitative estimate of drug-likeness (QED) is 0.905. The molecule has 0 amide bonds. The van der Waals surface area contributed by atoms with Crippen LogP contribution in [0, 0.1) is 0 Å². The van der Waals surface area contributed by atoms with Crippen LogP contribution in [0.2, 0.25) is 0 Å². The summed E-state index contributed by atoms with van der Waals surface area (Å²) in [6, 6.07) is 7.98. The van der Waals surface area contributed by atoms with Crippen molar-refractivity contribution >= 4 is 32.4 Å². The zero-order valence-electron chi connectivity index (χ0n) is 9.39. The molecule has 2 aromatic rings. The second-order valence-corrected chi connectivity index (χ2v) is 7.15. The molecule has 1 saturated heterocycles. The Morgan fingerprint density at radius 2 is 2.29 bits per heavy atom. The van der Waals surface area contributed by atoms with Crippen molar-refractivity contribution in [3.63, 3.8) is 0 Å². The summed E-state index contributed by atoms with van der Waals surface area (Å²) in [6.07, 6.45) is 2.15. The van der Waals surface area contributed by atoms with Gasteiger partial charge >= 0.3 is 0 Å². The Kier molecular flexibility index (Phi) is 3.22. The Morgan fingerprint density at radius 1 is 1.41 bits per heavy atom. The lowest BCUT2D eigenvalue weighted by molar-refractivity contribution is 0.519. The Labute approximate surface area is 107 Å². The van der Waals surface area contributed by atoms with Crippen LogP contribution in [0.3, 0.4) is 0 Å². The third-order valence-electron chi connectivity index (χ3n) is 3.00. The fourth-order valence-electron chi connectivity index (χ4n) is 2.08. The van der Waals surface area contributed by atoms with E-state index >= 15 is 0 Å². The number of hydrogen-bond acceptors (Lipinski definition) is 4. The van der Waals surface area contributed by atoms with Gasteiger partial charge in [-0.1, -0.05) is 12.1 Å².